The predicted molar refractivity (Wildman–Crippen MR) is 73.8 cm³/mol. The molecule has 0 bridgehead atoms. The number of rotatable bonds is 10. The highest BCUT2D eigenvalue weighted by atomic mass is 16.4. The summed E-state index contributed by atoms with van der Waals surface area (Å²) < 4.78 is 0. The fourth-order valence-electron chi connectivity index (χ4n) is 2.25. The molecule has 0 aliphatic heterocycles. The van der Waals surface area contributed by atoms with Crippen molar-refractivity contribution in [2.75, 3.05) is 20.1 Å². The number of aliphatic carboxylic acids is 1. The molecule has 0 amide bonds. The zero-order valence-electron chi connectivity index (χ0n) is 12.0. The minimum absolute atomic E-state index is 0.689. The Labute approximate surface area is 111 Å². The third-order valence-electron chi connectivity index (χ3n) is 4.01. The first-order valence-corrected chi connectivity index (χ1v) is 7.20. The molecule has 1 aliphatic rings. The van der Waals surface area contributed by atoms with Crippen LogP contribution in [0.3, 0.4) is 0 Å². The average Bonchev–Trinajstić information content (AvgIpc) is 3.17. The lowest BCUT2D eigenvalue weighted by atomic mass is 9.96. The summed E-state index contributed by atoms with van der Waals surface area (Å²) in [7, 11) is 1.73. The molecule has 0 radical (unpaired) electrons. The average molecular weight is 256 g/mol. The van der Waals surface area contributed by atoms with Crippen LogP contribution in [0.1, 0.15) is 52.4 Å². The summed E-state index contributed by atoms with van der Waals surface area (Å²) in [6.45, 7) is 6.19. The molecular formula is C14H28N2O2. The molecule has 0 spiro atoms. The van der Waals surface area contributed by atoms with Crippen LogP contribution in [0.4, 0.5) is 0 Å². The number of likely N-dealkylation sites (N-methyl/N-ethyl adjacent to an activating group) is 1. The van der Waals surface area contributed by atoms with Gasteiger partial charge in [0.05, 0.1) is 0 Å². The molecule has 0 aromatic carbocycles. The molecule has 1 unspecified atom stereocenters. The first kappa shape index (κ1) is 15.4. The van der Waals surface area contributed by atoms with E-state index in [1.54, 1.807) is 14.0 Å². The van der Waals surface area contributed by atoms with Crippen molar-refractivity contribution in [3.05, 3.63) is 0 Å². The molecule has 0 heterocycles. The molecule has 1 rings (SSSR count). The van der Waals surface area contributed by atoms with Crippen molar-refractivity contribution < 1.29 is 9.90 Å². The molecule has 106 valence electrons. The van der Waals surface area contributed by atoms with Crippen LogP contribution < -0.4 is 5.32 Å². The number of carboxylic acids is 1. The summed E-state index contributed by atoms with van der Waals surface area (Å²) in [5.41, 5.74) is -0.778. The molecule has 1 saturated carbocycles. The van der Waals surface area contributed by atoms with Gasteiger partial charge < -0.3 is 15.3 Å². The molecule has 0 aromatic heterocycles. The summed E-state index contributed by atoms with van der Waals surface area (Å²) >= 11 is 0. The van der Waals surface area contributed by atoms with E-state index in [-0.39, 0.29) is 0 Å². The van der Waals surface area contributed by atoms with E-state index in [2.05, 4.69) is 17.1 Å². The molecule has 1 aliphatic carbocycles. The number of hydrogen-bond donors (Lipinski definition) is 2. The van der Waals surface area contributed by atoms with E-state index in [9.17, 15) is 9.90 Å². The Morgan fingerprint density at radius 1 is 1.39 bits per heavy atom. The second kappa shape index (κ2) is 7.10. The maximum Gasteiger partial charge on any atom is 0.323 e. The normalized spacial score (nSPS) is 18.9. The molecular weight excluding hydrogens is 228 g/mol. The van der Waals surface area contributed by atoms with Crippen LogP contribution in [0.25, 0.3) is 0 Å². The molecule has 0 aromatic rings. The van der Waals surface area contributed by atoms with Gasteiger partial charge in [-0.1, -0.05) is 13.3 Å². The third kappa shape index (κ3) is 4.58. The molecule has 2 N–H and O–H groups in total. The fourth-order valence-corrected chi connectivity index (χ4v) is 2.25. The molecule has 4 heteroatoms. The Hall–Kier alpha value is -0.610. The van der Waals surface area contributed by atoms with Gasteiger partial charge in [0.15, 0.2) is 0 Å². The smallest absolute Gasteiger partial charge is 0.323 e. The highest BCUT2D eigenvalue weighted by Crippen LogP contribution is 2.27. The topological polar surface area (TPSA) is 52.6 Å². The number of carbonyl (C=O) groups is 1. The Bertz CT molecular complexity index is 267. The van der Waals surface area contributed by atoms with Crippen molar-refractivity contribution >= 4 is 5.97 Å². The Balaban J connectivity index is 2.31. The van der Waals surface area contributed by atoms with Crippen LogP contribution in [0, 0.1) is 0 Å². The lowest BCUT2D eigenvalue weighted by molar-refractivity contribution is -0.144. The molecule has 18 heavy (non-hydrogen) atoms. The van der Waals surface area contributed by atoms with Gasteiger partial charge in [-0.25, -0.2) is 0 Å². The molecule has 4 nitrogen and oxygen atoms in total. The van der Waals surface area contributed by atoms with Gasteiger partial charge in [-0.2, -0.15) is 0 Å². The van der Waals surface area contributed by atoms with E-state index in [1.165, 1.54) is 32.2 Å². The Kier molecular flexibility index (Phi) is 6.09. The van der Waals surface area contributed by atoms with Gasteiger partial charge in [0.25, 0.3) is 0 Å². The largest absolute Gasteiger partial charge is 0.480 e. The predicted octanol–water partition coefficient (Wildman–Crippen LogP) is 2.09. The number of hydrogen-bond acceptors (Lipinski definition) is 3. The highest BCUT2D eigenvalue weighted by molar-refractivity contribution is 5.78. The first-order valence-electron chi connectivity index (χ1n) is 7.20. The van der Waals surface area contributed by atoms with Crippen LogP contribution in [0.5, 0.6) is 0 Å². The van der Waals surface area contributed by atoms with Gasteiger partial charge in [0.1, 0.15) is 5.54 Å². The van der Waals surface area contributed by atoms with Crippen molar-refractivity contribution in [1.29, 1.82) is 0 Å². The number of nitrogens with zero attached hydrogens (tertiary/aromatic N) is 1. The summed E-state index contributed by atoms with van der Waals surface area (Å²) in [4.78, 5) is 13.7. The number of carboxylic acid groups (broad SMARTS) is 1. The summed E-state index contributed by atoms with van der Waals surface area (Å²) in [5, 5.41) is 12.1. The van der Waals surface area contributed by atoms with Crippen LogP contribution in [0.15, 0.2) is 0 Å². The van der Waals surface area contributed by atoms with Crippen LogP contribution >= 0.6 is 0 Å². The van der Waals surface area contributed by atoms with Gasteiger partial charge in [-0.15, -0.1) is 0 Å². The standard InChI is InChI=1S/C14H28N2O2/c1-4-5-10-16(12-7-8-12)11-6-9-14(2,15-3)13(17)18/h12,15H,4-11H2,1-3H3,(H,17,18). The number of nitrogens with one attached hydrogen (secondary N) is 1. The van der Waals surface area contributed by atoms with Gasteiger partial charge in [-0.3, -0.25) is 4.79 Å². The van der Waals surface area contributed by atoms with Crippen molar-refractivity contribution in [3.63, 3.8) is 0 Å². The lowest BCUT2D eigenvalue weighted by Crippen LogP contribution is -2.48. The first-order chi connectivity index (χ1) is 8.53. The van der Waals surface area contributed by atoms with Crippen molar-refractivity contribution in [2.24, 2.45) is 0 Å². The van der Waals surface area contributed by atoms with E-state index < -0.39 is 11.5 Å². The van der Waals surface area contributed by atoms with Crippen molar-refractivity contribution in [3.8, 4) is 0 Å². The monoisotopic (exact) mass is 256 g/mol. The van der Waals surface area contributed by atoms with Crippen molar-refractivity contribution in [1.82, 2.24) is 10.2 Å². The van der Waals surface area contributed by atoms with Crippen LogP contribution in [0.2, 0.25) is 0 Å². The quantitative estimate of drug-likeness (QED) is 0.628. The van der Waals surface area contributed by atoms with E-state index in [4.69, 9.17) is 0 Å². The Morgan fingerprint density at radius 2 is 2.00 bits per heavy atom. The molecule has 0 saturated heterocycles. The van der Waals surface area contributed by atoms with Crippen LogP contribution in [-0.4, -0.2) is 47.7 Å². The van der Waals surface area contributed by atoms with E-state index in [1.807, 2.05) is 0 Å². The van der Waals surface area contributed by atoms with Gasteiger partial charge in [-0.05, 0) is 59.2 Å². The summed E-state index contributed by atoms with van der Waals surface area (Å²) in [6.07, 6.45) is 6.77. The minimum atomic E-state index is -0.778. The maximum absolute atomic E-state index is 11.2. The highest BCUT2D eigenvalue weighted by Gasteiger charge is 2.32. The van der Waals surface area contributed by atoms with Crippen LogP contribution in [-0.2, 0) is 4.79 Å². The second-order valence-electron chi connectivity index (χ2n) is 5.61. The minimum Gasteiger partial charge on any atom is -0.480 e. The van der Waals surface area contributed by atoms with E-state index >= 15 is 0 Å². The fraction of sp³-hybridized carbons (Fsp3) is 0.929. The van der Waals surface area contributed by atoms with E-state index in [0.29, 0.717) is 6.42 Å². The molecule has 1 fully saturated rings. The SMILES string of the molecule is CCCCN(CCCC(C)(NC)C(=O)O)C1CC1. The van der Waals surface area contributed by atoms with E-state index in [0.717, 1.165) is 19.0 Å². The zero-order valence-corrected chi connectivity index (χ0v) is 12.0. The maximum atomic E-state index is 11.2. The number of unbranched alkanes of at least 4 members (excludes halogenated alkanes) is 1. The van der Waals surface area contributed by atoms with Gasteiger partial charge >= 0.3 is 5.97 Å². The Morgan fingerprint density at radius 3 is 2.44 bits per heavy atom. The summed E-state index contributed by atoms with van der Waals surface area (Å²) in [5.74, 6) is -0.753. The second-order valence-corrected chi connectivity index (χ2v) is 5.61. The third-order valence-corrected chi connectivity index (χ3v) is 4.01. The van der Waals surface area contributed by atoms with Crippen molar-refractivity contribution in [2.45, 2.75) is 64.0 Å². The van der Waals surface area contributed by atoms with Gasteiger partial charge in [0, 0.05) is 6.04 Å². The summed E-state index contributed by atoms with van der Waals surface area (Å²) in [6, 6.07) is 0.780. The van der Waals surface area contributed by atoms with Gasteiger partial charge in [0.2, 0.25) is 0 Å². The zero-order chi connectivity index (χ0) is 13.6. The molecule has 1 atom stereocenters. The lowest BCUT2D eigenvalue weighted by Gasteiger charge is -2.27.